The van der Waals surface area contributed by atoms with Gasteiger partial charge in [-0.15, -0.1) is 0 Å². The lowest BCUT2D eigenvalue weighted by atomic mass is 10.0. The second-order valence-electron chi connectivity index (χ2n) is 6.26. The summed E-state index contributed by atoms with van der Waals surface area (Å²) in [6.07, 6.45) is -1.90. The number of amides is 1. The maximum absolute atomic E-state index is 13.1. The van der Waals surface area contributed by atoms with Gasteiger partial charge in [0.2, 0.25) is 5.91 Å². The third kappa shape index (κ3) is 5.45. The number of aryl methyl sites for hydroxylation is 2. The standard InChI is InChI=1S/C19H22F3N3OS/c1-12-15(13(2)24-18(23-12)27-4)9-10-17(26)25(3)11-14-7-5-6-8-16(14)19(20,21)22/h5-8H,9-11H2,1-4H3. The van der Waals surface area contributed by atoms with Gasteiger partial charge in [0, 0.05) is 31.4 Å². The van der Waals surface area contributed by atoms with Crippen LogP contribution >= 0.6 is 11.8 Å². The molecule has 0 aliphatic carbocycles. The molecule has 0 aliphatic rings. The Morgan fingerprint density at radius 3 is 2.30 bits per heavy atom. The third-order valence-corrected chi connectivity index (χ3v) is 4.88. The van der Waals surface area contributed by atoms with Gasteiger partial charge >= 0.3 is 6.18 Å². The van der Waals surface area contributed by atoms with Gasteiger partial charge in [-0.3, -0.25) is 4.79 Å². The molecule has 27 heavy (non-hydrogen) atoms. The molecule has 0 aliphatic heterocycles. The van der Waals surface area contributed by atoms with E-state index >= 15 is 0 Å². The summed E-state index contributed by atoms with van der Waals surface area (Å²) in [6.45, 7) is 3.66. The highest BCUT2D eigenvalue weighted by Gasteiger charge is 2.33. The molecule has 1 aromatic carbocycles. The quantitative estimate of drug-likeness (QED) is 0.535. The van der Waals surface area contributed by atoms with Gasteiger partial charge in [0.05, 0.1) is 5.56 Å². The Hall–Kier alpha value is -2.09. The molecule has 0 bridgehead atoms. The summed E-state index contributed by atoms with van der Waals surface area (Å²) in [7, 11) is 1.52. The molecule has 1 amide bonds. The first-order valence-electron chi connectivity index (χ1n) is 8.40. The van der Waals surface area contributed by atoms with E-state index in [1.54, 1.807) is 6.07 Å². The van der Waals surface area contributed by atoms with Crippen molar-refractivity contribution in [2.45, 2.75) is 44.6 Å². The molecule has 0 N–H and O–H groups in total. The fourth-order valence-electron chi connectivity index (χ4n) is 2.86. The summed E-state index contributed by atoms with van der Waals surface area (Å²) in [6, 6.07) is 5.32. The van der Waals surface area contributed by atoms with Gasteiger partial charge in [0.25, 0.3) is 0 Å². The Balaban J connectivity index is 2.06. The Kier molecular flexibility index (Phi) is 6.86. The average molecular weight is 397 g/mol. The maximum Gasteiger partial charge on any atom is 0.416 e. The average Bonchev–Trinajstić information content (AvgIpc) is 2.60. The van der Waals surface area contributed by atoms with E-state index < -0.39 is 11.7 Å². The first-order valence-corrected chi connectivity index (χ1v) is 9.63. The maximum atomic E-state index is 13.1. The van der Waals surface area contributed by atoms with Crippen LogP contribution in [0.3, 0.4) is 0 Å². The molecule has 146 valence electrons. The highest BCUT2D eigenvalue weighted by molar-refractivity contribution is 7.98. The van der Waals surface area contributed by atoms with Crippen LogP contribution in [0.2, 0.25) is 0 Å². The van der Waals surface area contributed by atoms with Crippen molar-refractivity contribution in [1.29, 1.82) is 0 Å². The molecule has 0 fully saturated rings. The van der Waals surface area contributed by atoms with Gasteiger partial charge in [0.15, 0.2) is 5.16 Å². The Bertz CT molecular complexity index is 801. The Labute approximate surface area is 161 Å². The van der Waals surface area contributed by atoms with Gasteiger partial charge in [-0.05, 0) is 43.7 Å². The highest BCUT2D eigenvalue weighted by atomic mass is 32.2. The van der Waals surface area contributed by atoms with E-state index in [2.05, 4.69) is 9.97 Å². The van der Waals surface area contributed by atoms with Crippen molar-refractivity contribution in [3.05, 3.63) is 52.3 Å². The van der Waals surface area contributed by atoms with E-state index in [1.807, 2.05) is 20.1 Å². The second kappa shape index (κ2) is 8.73. The smallest absolute Gasteiger partial charge is 0.341 e. The molecule has 0 unspecified atom stereocenters. The van der Waals surface area contributed by atoms with Gasteiger partial charge in [-0.2, -0.15) is 13.2 Å². The summed E-state index contributed by atoms with van der Waals surface area (Å²) in [5, 5.41) is 0.681. The molecule has 2 aromatic rings. The number of hydrogen-bond donors (Lipinski definition) is 0. The molecule has 0 spiro atoms. The number of alkyl halides is 3. The number of thioether (sulfide) groups is 1. The highest BCUT2D eigenvalue weighted by Crippen LogP contribution is 2.32. The number of aromatic nitrogens is 2. The molecule has 1 aromatic heterocycles. The third-order valence-electron chi connectivity index (χ3n) is 4.33. The van der Waals surface area contributed by atoms with Gasteiger partial charge in [-0.25, -0.2) is 9.97 Å². The molecule has 0 radical (unpaired) electrons. The molecule has 0 saturated carbocycles. The van der Waals surface area contributed by atoms with Crippen LogP contribution in [0.5, 0.6) is 0 Å². The fraction of sp³-hybridized carbons (Fsp3) is 0.421. The van der Waals surface area contributed by atoms with Crippen molar-refractivity contribution < 1.29 is 18.0 Å². The molecular formula is C19H22F3N3OS. The van der Waals surface area contributed by atoms with E-state index in [1.165, 1.54) is 35.8 Å². The fourth-order valence-corrected chi connectivity index (χ4v) is 3.32. The molecule has 0 atom stereocenters. The lowest BCUT2D eigenvalue weighted by Crippen LogP contribution is -2.27. The van der Waals surface area contributed by atoms with Crippen molar-refractivity contribution >= 4 is 17.7 Å². The number of rotatable bonds is 6. The number of carbonyl (C=O) groups is 1. The second-order valence-corrected chi connectivity index (χ2v) is 7.04. The van der Waals surface area contributed by atoms with Crippen LogP contribution in [0.25, 0.3) is 0 Å². The number of nitrogens with zero attached hydrogens (tertiary/aromatic N) is 3. The molecule has 1 heterocycles. The lowest BCUT2D eigenvalue weighted by molar-refractivity contribution is -0.139. The topological polar surface area (TPSA) is 46.1 Å². The Morgan fingerprint density at radius 2 is 1.74 bits per heavy atom. The van der Waals surface area contributed by atoms with Crippen LogP contribution < -0.4 is 0 Å². The first-order chi connectivity index (χ1) is 12.6. The van der Waals surface area contributed by atoms with Gasteiger partial charge in [0.1, 0.15) is 0 Å². The van der Waals surface area contributed by atoms with Crippen LogP contribution in [0.15, 0.2) is 29.4 Å². The largest absolute Gasteiger partial charge is 0.416 e. The zero-order chi connectivity index (χ0) is 20.2. The van der Waals surface area contributed by atoms with Crippen LogP contribution in [-0.4, -0.2) is 34.1 Å². The van der Waals surface area contributed by atoms with E-state index in [-0.39, 0.29) is 24.4 Å². The Morgan fingerprint density at radius 1 is 1.15 bits per heavy atom. The van der Waals surface area contributed by atoms with Crippen LogP contribution in [0.1, 0.15) is 34.5 Å². The van der Waals surface area contributed by atoms with Crippen molar-refractivity contribution in [2.24, 2.45) is 0 Å². The van der Waals surface area contributed by atoms with Crippen LogP contribution in [-0.2, 0) is 23.9 Å². The minimum Gasteiger partial charge on any atom is -0.341 e. The number of halogens is 3. The van der Waals surface area contributed by atoms with Gasteiger partial charge in [-0.1, -0.05) is 30.0 Å². The minimum atomic E-state index is -4.44. The number of hydrogen-bond acceptors (Lipinski definition) is 4. The predicted molar refractivity (Wildman–Crippen MR) is 99.5 cm³/mol. The number of benzene rings is 1. The SMILES string of the molecule is CSc1nc(C)c(CCC(=O)N(C)Cc2ccccc2C(F)(F)F)c(C)n1. The molecule has 0 saturated heterocycles. The molecular weight excluding hydrogens is 375 g/mol. The van der Waals surface area contributed by atoms with Crippen LogP contribution in [0.4, 0.5) is 13.2 Å². The van der Waals surface area contributed by atoms with E-state index in [0.29, 0.717) is 11.6 Å². The summed E-state index contributed by atoms with van der Waals surface area (Å²) < 4.78 is 39.3. The summed E-state index contributed by atoms with van der Waals surface area (Å²) >= 11 is 1.45. The van der Waals surface area contributed by atoms with Crippen molar-refractivity contribution in [2.75, 3.05) is 13.3 Å². The van der Waals surface area contributed by atoms with Gasteiger partial charge < -0.3 is 4.90 Å². The normalized spacial score (nSPS) is 11.5. The molecule has 4 nitrogen and oxygen atoms in total. The summed E-state index contributed by atoms with van der Waals surface area (Å²) in [5.41, 5.74) is 1.93. The van der Waals surface area contributed by atoms with Crippen molar-refractivity contribution in [1.82, 2.24) is 14.9 Å². The molecule has 8 heteroatoms. The van der Waals surface area contributed by atoms with Crippen molar-refractivity contribution in [3.63, 3.8) is 0 Å². The van der Waals surface area contributed by atoms with Crippen molar-refractivity contribution in [3.8, 4) is 0 Å². The first kappa shape index (κ1) is 21.2. The zero-order valence-corrected chi connectivity index (χ0v) is 16.5. The predicted octanol–water partition coefficient (Wildman–Crippen LogP) is 4.43. The van der Waals surface area contributed by atoms with E-state index in [4.69, 9.17) is 0 Å². The summed E-state index contributed by atoms with van der Waals surface area (Å²) in [5.74, 6) is -0.222. The number of carbonyl (C=O) groups excluding carboxylic acids is 1. The minimum absolute atomic E-state index is 0.0841. The van der Waals surface area contributed by atoms with E-state index in [9.17, 15) is 18.0 Å². The lowest BCUT2D eigenvalue weighted by Gasteiger charge is -2.20. The zero-order valence-electron chi connectivity index (χ0n) is 15.7. The van der Waals surface area contributed by atoms with E-state index in [0.717, 1.165) is 23.0 Å². The summed E-state index contributed by atoms with van der Waals surface area (Å²) in [4.78, 5) is 22.5. The monoisotopic (exact) mass is 397 g/mol. The molecule has 2 rings (SSSR count). The van der Waals surface area contributed by atoms with Crippen LogP contribution in [0, 0.1) is 13.8 Å².